The predicted molar refractivity (Wildman–Crippen MR) is 127 cm³/mol. The van der Waals surface area contributed by atoms with Crippen LogP contribution in [0.15, 0.2) is 60.1 Å². The van der Waals surface area contributed by atoms with Gasteiger partial charge < -0.3 is 19.4 Å². The van der Waals surface area contributed by atoms with Crippen LogP contribution in [0.4, 0.5) is 5.69 Å². The van der Waals surface area contributed by atoms with Crippen LogP contribution in [0, 0.1) is 0 Å². The SMILES string of the molecule is Cn1cccc1C1CCCCCN1C(=O)c1ccc(NC(=O)CSc2nccn2C)cc1. The number of hydrogen-bond acceptors (Lipinski definition) is 4. The van der Waals surface area contributed by atoms with Crippen LogP contribution in [-0.2, 0) is 18.9 Å². The Morgan fingerprint density at radius 3 is 2.56 bits per heavy atom. The Kier molecular flexibility index (Phi) is 6.99. The first-order valence-electron chi connectivity index (χ1n) is 10.9. The van der Waals surface area contributed by atoms with Gasteiger partial charge in [-0.1, -0.05) is 24.6 Å². The lowest BCUT2D eigenvalue weighted by Gasteiger charge is -2.31. The second-order valence-corrected chi connectivity index (χ2v) is 9.09. The van der Waals surface area contributed by atoms with Crippen molar-refractivity contribution in [3.8, 4) is 0 Å². The molecule has 1 aromatic carbocycles. The minimum absolute atomic E-state index is 0.0429. The van der Waals surface area contributed by atoms with E-state index in [0.29, 0.717) is 11.3 Å². The zero-order chi connectivity index (χ0) is 22.5. The maximum absolute atomic E-state index is 13.4. The molecule has 0 saturated carbocycles. The van der Waals surface area contributed by atoms with E-state index in [4.69, 9.17) is 0 Å². The molecule has 1 atom stereocenters. The van der Waals surface area contributed by atoms with Gasteiger partial charge in [0.15, 0.2) is 5.16 Å². The Hall–Kier alpha value is -3.00. The quantitative estimate of drug-likeness (QED) is 0.569. The number of thioether (sulfide) groups is 1. The molecule has 1 saturated heterocycles. The molecule has 3 heterocycles. The molecule has 32 heavy (non-hydrogen) atoms. The van der Waals surface area contributed by atoms with Crippen molar-refractivity contribution in [1.29, 1.82) is 0 Å². The number of likely N-dealkylation sites (tertiary alicyclic amines) is 1. The van der Waals surface area contributed by atoms with Crippen molar-refractivity contribution < 1.29 is 9.59 Å². The molecule has 2 amide bonds. The number of benzene rings is 1. The normalized spacial score (nSPS) is 16.6. The van der Waals surface area contributed by atoms with Crippen LogP contribution in [0.5, 0.6) is 0 Å². The molecule has 7 nitrogen and oxygen atoms in total. The van der Waals surface area contributed by atoms with Gasteiger partial charge in [0.25, 0.3) is 5.91 Å². The number of imidazole rings is 1. The molecule has 4 rings (SSSR count). The number of rotatable bonds is 6. The van der Waals surface area contributed by atoms with Gasteiger partial charge in [-0.25, -0.2) is 4.98 Å². The summed E-state index contributed by atoms with van der Waals surface area (Å²) in [6.45, 7) is 0.761. The molecule has 3 aromatic rings. The van der Waals surface area contributed by atoms with Gasteiger partial charge in [0.2, 0.25) is 5.91 Å². The van der Waals surface area contributed by atoms with Crippen LogP contribution in [0.3, 0.4) is 0 Å². The van der Waals surface area contributed by atoms with E-state index in [1.54, 1.807) is 30.5 Å². The molecule has 0 aliphatic carbocycles. The average molecular weight is 452 g/mol. The first-order valence-corrected chi connectivity index (χ1v) is 11.9. The molecule has 1 unspecified atom stereocenters. The Bertz CT molecular complexity index is 1070. The summed E-state index contributed by atoms with van der Waals surface area (Å²) >= 11 is 1.39. The number of amides is 2. The molecule has 0 bridgehead atoms. The first kappa shape index (κ1) is 22.2. The Labute approximate surface area is 192 Å². The fourth-order valence-corrected chi connectivity index (χ4v) is 4.89. The molecule has 2 aromatic heterocycles. The average Bonchev–Trinajstić information content (AvgIpc) is 3.32. The third-order valence-electron chi connectivity index (χ3n) is 5.86. The summed E-state index contributed by atoms with van der Waals surface area (Å²) in [5.41, 5.74) is 2.50. The van der Waals surface area contributed by atoms with E-state index in [-0.39, 0.29) is 23.6 Å². The van der Waals surface area contributed by atoms with Crippen LogP contribution in [0.25, 0.3) is 0 Å². The lowest BCUT2D eigenvalue weighted by atomic mass is 10.1. The summed E-state index contributed by atoms with van der Waals surface area (Å²) in [4.78, 5) is 31.9. The summed E-state index contributed by atoms with van der Waals surface area (Å²) in [7, 11) is 3.93. The first-order chi connectivity index (χ1) is 15.5. The third kappa shape index (κ3) is 5.07. The van der Waals surface area contributed by atoms with Crippen molar-refractivity contribution in [2.75, 3.05) is 17.6 Å². The largest absolute Gasteiger partial charge is 0.353 e. The van der Waals surface area contributed by atoms with Crippen molar-refractivity contribution in [2.45, 2.75) is 36.9 Å². The van der Waals surface area contributed by atoms with Crippen LogP contribution >= 0.6 is 11.8 Å². The summed E-state index contributed by atoms with van der Waals surface area (Å²) in [6.07, 6.45) is 9.87. The van der Waals surface area contributed by atoms with E-state index >= 15 is 0 Å². The van der Waals surface area contributed by atoms with Gasteiger partial charge >= 0.3 is 0 Å². The zero-order valence-electron chi connectivity index (χ0n) is 18.5. The molecule has 1 aliphatic rings. The van der Waals surface area contributed by atoms with Crippen molar-refractivity contribution >= 4 is 29.3 Å². The fourth-order valence-electron chi connectivity index (χ4n) is 4.16. The van der Waals surface area contributed by atoms with E-state index in [0.717, 1.165) is 37.4 Å². The number of carbonyl (C=O) groups is 2. The van der Waals surface area contributed by atoms with Crippen LogP contribution < -0.4 is 5.32 Å². The van der Waals surface area contributed by atoms with Gasteiger partial charge in [-0.3, -0.25) is 9.59 Å². The molecular formula is C24H29N5O2S. The standard InChI is InChI=1S/C24H29N5O2S/c1-27-14-6-8-20(27)21-7-4-3-5-15-29(21)23(31)18-9-11-19(12-10-18)26-22(30)17-32-24-25-13-16-28(24)2/h6,8-14,16,21H,3-5,7,15,17H2,1-2H3,(H,26,30). The fraction of sp³-hybridized carbons (Fsp3) is 0.375. The van der Waals surface area contributed by atoms with E-state index in [2.05, 4.69) is 20.9 Å². The van der Waals surface area contributed by atoms with Crippen molar-refractivity contribution in [3.05, 3.63) is 66.2 Å². The topological polar surface area (TPSA) is 72.2 Å². The number of nitrogens with zero attached hydrogens (tertiary/aromatic N) is 4. The maximum Gasteiger partial charge on any atom is 0.254 e. The van der Waals surface area contributed by atoms with Gasteiger partial charge in [-0.2, -0.15) is 0 Å². The van der Waals surface area contributed by atoms with E-state index < -0.39 is 0 Å². The van der Waals surface area contributed by atoms with E-state index in [1.165, 1.54) is 17.5 Å². The highest BCUT2D eigenvalue weighted by atomic mass is 32.2. The lowest BCUT2D eigenvalue weighted by molar-refractivity contribution is -0.113. The third-order valence-corrected chi connectivity index (χ3v) is 6.92. The maximum atomic E-state index is 13.4. The number of nitrogens with one attached hydrogen (secondary N) is 1. The second-order valence-electron chi connectivity index (χ2n) is 8.14. The van der Waals surface area contributed by atoms with Crippen molar-refractivity contribution in [3.63, 3.8) is 0 Å². The van der Waals surface area contributed by atoms with Crippen LogP contribution in [0.1, 0.15) is 47.8 Å². The number of aryl methyl sites for hydroxylation is 2. The molecule has 1 N–H and O–H groups in total. The Morgan fingerprint density at radius 1 is 1.06 bits per heavy atom. The molecule has 0 spiro atoms. The minimum Gasteiger partial charge on any atom is -0.353 e. The molecule has 8 heteroatoms. The molecule has 168 valence electrons. The highest BCUT2D eigenvalue weighted by Crippen LogP contribution is 2.31. The molecule has 0 radical (unpaired) electrons. The van der Waals surface area contributed by atoms with Gasteiger partial charge in [0, 0.05) is 56.2 Å². The number of carbonyl (C=O) groups excluding carboxylic acids is 2. The zero-order valence-corrected chi connectivity index (χ0v) is 19.3. The molecular weight excluding hydrogens is 422 g/mol. The van der Waals surface area contributed by atoms with Gasteiger partial charge in [-0.15, -0.1) is 0 Å². The minimum atomic E-state index is -0.103. The van der Waals surface area contributed by atoms with Crippen LogP contribution in [0.2, 0.25) is 0 Å². The van der Waals surface area contributed by atoms with Gasteiger partial charge in [0.1, 0.15) is 0 Å². The lowest BCUT2D eigenvalue weighted by Crippen LogP contribution is -2.35. The van der Waals surface area contributed by atoms with Gasteiger partial charge in [0.05, 0.1) is 11.8 Å². The summed E-state index contributed by atoms with van der Waals surface area (Å²) in [5.74, 6) is 0.215. The Balaban J connectivity index is 1.41. The monoisotopic (exact) mass is 451 g/mol. The van der Waals surface area contributed by atoms with E-state index in [1.807, 2.05) is 42.0 Å². The molecule has 1 fully saturated rings. The Morgan fingerprint density at radius 2 is 1.88 bits per heavy atom. The summed E-state index contributed by atoms with van der Waals surface area (Å²) < 4.78 is 3.99. The summed E-state index contributed by atoms with van der Waals surface area (Å²) in [6, 6.07) is 11.4. The predicted octanol–water partition coefficient (Wildman–Crippen LogP) is 4.25. The van der Waals surface area contributed by atoms with Crippen molar-refractivity contribution in [1.82, 2.24) is 19.0 Å². The summed E-state index contributed by atoms with van der Waals surface area (Å²) in [5, 5.41) is 3.69. The van der Waals surface area contributed by atoms with Gasteiger partial charge in [-0.05, 0) is 49.2 Å². The second kappa shape index (κ2) is 10.1. The van der Waals surface area contributed by atoms with E-state index in [9.17, 15) is 9.59 Å². The van der Waals surface area contributed by atoms with Crippen molar-refractivity contribution in [2.24, 2.45) is 14.1 Å². The smallest absolute Gasteiger partial charge is 0.254 e. The number of anilines is 1. The molecule has 1 aliphatic heterocycles. The van der Waals surface area contributed by atoms with Crippen LogP contribution in [-0.4, -0.2) is 43.1 Å². The highest BCUT2D eigenvalue weighted by Gasteiger charge is 2.28. The highest BCUT2D eigenvalue weighted by molar-refractivity contribution is 7.99. The number of hydrogen-bond donors (Lipinski definition) is 1. The number of aromatic nitrogens is 3.